The molecule has 0 unspecified atom stereocenters. The summed E-state index contributed by atoms with van der Waals surface area (Å²) in [6, 6.07) is 8.37. The van der Waals surface area contributed by atoms with Crippen LogP contribution in [0.15, 0.2) is 30.3 Å². The molecule has 4 nitrogen and oxygen atoms in total. The van der Waals surface area contributed by atoms with Crippen molar-refractivity contribution in [2.75, 3.05) is 0 Å². The molecule has 0 heterocycles. The second-order valence-corrected chi connectivity index (χ2v) is 3.56. The molecule has 0 bridgehead atoms. The van der Waals surface area contributed by atoms with Crippen LogP contribution in [0.25, 0.3) is 10.8 Å². The molecular weight excluding hydrogens is 206 g/mol. The van der Waals surface area contributed by atoms with E-state index in [9.17, 15) is 9.90 Å². The van der Waals surface area contributed by atoms with Crippen LogP contribution in [-0.4, -0.2) is 16.2 Å². The standard InChI is InChI=1S/C12H11NO3/c13-6-7-1-2-8-5-11(14)10(12(15)16)4-9(8)3-7/h1-5,14H,6,13H2,(H,15,16). The highest BCUT2D eigenvalue weighted by Crippen LogP contribution is 2.25. The van der Waals surface area contributed by atoms with Gasteiger partial charge in [0.2, 0.25) is 0 Å². The Hall–Kier alpha value is -2.07. The van der Waals surface area contributed by atoms with Gasteiger partial charge in [-0.15, -0.1) is 0 Å². The van der Waals surface area contributed by atoms with Crippen LogP contribution in [0.5, 0.6) is 5.75 Å². The van der Waals surface area contributed by atoms with E-state index in [0.29, 0.717) is 6.54 Å². The molecule has 2 rings (SSSR count). The summed E-state index contributed by atoms with van der Waals surface area (Å²) in [5, 5.41) is 19.9. The molecular formula is C12H11NO3. The molecule has 0 amide bonds. The Morgan fingerprint density at radius 1 is 1.19 bits per heavy atom. The van der Waals surface area contributed by atoms with E-state index >= 15 is 0 Å². The number of hydrogen-bond donors (Lipinski definition) is 3. The van der Waals surface area contributed by atoms with Crippen molar-refractivity contribution >= 4 is 16.7 Å². The first-order valence-corrected chi connectivity index (χ1v) is 4.81. The lowest BCUT2D eigenvalue weighted by atomic mass is 10.0. The summed E-state index contributed by atoms with van der Waals surface area (Å²) in [5.41, 5.74) is 6.33. The molecule has 0 saturated carbocycles. The van der Waals surface area contributed by atoms with Crippen LogP contribution in [-0.2, 0) is 6.54 Å². The molecule has 2 aromatic rings. The first-order valence-electron chi connectivity index (χ1n) is 4.81. The third kappa shape index (κ3) is 1.70. The van der Waals surface area contributed by atoms with Gasteiger partial charge in [0.05, 0.1) is 0 Å². The summed E-state index contributed by atoms with van der Waals surface area (Å²) in [6.45, 7) is 0.402. The van der Waals surface area contributed by atoms with Gasteiger partial charge in [0, 0.05) is 6.54 Å². The van der Waals surface area contributed by atoms with Crippen molar-refractivity contribution in [2.45, 2.75) is 6.54 Å². The normalized spacial score (nSPS) is 10.6. The molecule has 4 N–H and O–H groups in total. The fourth-order valence-corrected chi connectivity index (χ4v) is 1.63. The molecule has 0 radical (unpaired) electrons. The van der Waals surface area contributed by atoms with E-state index in [-0.39, 0.29) is 11.3 Å². The van der Waals surface area contributed by atoms with Gasteiger partial charge in [0.25, 0.3) is 0 Å². The zero-order chi connectivity index (χ0) is 11.7. The van der Waals surface area contributed by atoms with Crippen molar-refractivity contribution in [2.24, 2.45) is 5.73 Å². The molecule has 0 fully saturated rings. The van der Waals surface area contributed by atoms with E-state index in [2.05, 4.69) is 0 Å². The van der Waals surface area contributed by atoms with E-state index in [0.717, 1.165) is 16.3 Å². The van der Waals surface area contributed by atoms with Gasteiger partial charge in [0.15, 0.2) is 0 Å². The van der Waals surface area contributed by atoms with Gasteiger partial charge >= 0.3 is 5.97 Å². The number of carbonyl (C=O) groups is 1. The molecule has 0 aliphatic heterocycles. The van der Waals surface area contributed by atoms with E-state index in [1.165, 1.54) is 12.1 Å². The zero-order valence-electron chi connectivity index (χ0n) is 8.47. The zero-order valence-corrected chi connectivity index (χ0v) is 8.47. The van der Waals surface area contributed by atoms with Gasteiger partial charge < -0.3 is 15.9 Å². The number of hydrogen-bond acceptors (Lipinski definition) is 3. The lowest BCUT2D eigenvalue weighted by Crippen LogP contribution is -1.98. The van der Waals surface area contributed by atoms with Crippen LogP contribution in [0.1, 0.15) is 15.9 Å². The average Bonchev–Trinajstić information content (AvgIpc) is 2.27. The minimum atomic E-state index is -1.14. The Morgan fingerprint density at radius 2 is 1.94 bits per heavy atom. The minimum absolute atomic E-state index is 0.0957. The van der Waals surface area contributed by atoms with Crippen molar-refractivity contribution in [1.29, 1.82) is 0 Å². The quantitative estimate of drug-likeness (QED) is 0.714. The minimum Gasteiger partial charge on any atom is -0.507 e. The van der Waals surface area contributed by atoms with E-state index < -0.39 is 5.97 Å². The summed E-state index contributed by atoms with van der Waals surface area (Å²) in [5.74, 6) is -1.36. The highest BCUT2D eigenvalue weighted by Gasteiger charge is 2.10. The summed E-state index contributed by atoms with van der Waals surface area (Å²) in [4.78, 5) is 10.8. The van der Waals surface area contributed by atoms with Crippen molar-refractivity contribution in [3.63, 3.8) is 0 Å². The van der Waals surface area contributed by atoms with Gasteiger partial charge in [-0.1, -0.05) is 12.1 Å². The fourth-order valence-electron chi connectivity index (χ4n) is 1.63. The molecule has 0 spiro atoms. The molecule has 4 heteroatoms. The molecule has 0 saturated heterocycles. The second-order valence-electron chi connectivity index (χ2n) is 3.56. The molecule has 16 heavy (non-hydrogen) atoms. The van der Waals surface area contributed by atoms with Gasteiger partial charge in [-0.05, 0) is 34.5 Å². The largest absolute Gasteiger partial charge is 0.507 e. The van der Waals surface area contributed by atoms with Crippen LogP contribution in [0.2, 0.25) is 0 Å². The highest BCUT2D eigenvalue weighted by molar-refractivity contribution is 5.97. The maximum atomic E-state index is 10.8. The van der Waals surface area contributed by atoms with Crippen molar-refractivity contribution in [3.8, 4) is 5.75 Å². The Bertz CT molecular complexity index is 563. The third-order valence-electron chi connectivity index (χ3n) is 2.49. The molecule has 0 atom stereocenters. The van der Waals surface area contributed by atoms with E-state index in [1.54, 1.807) is 0 Å². The number of carboxylic acids is 1. The third-order valence-corrected chi connectivity index (χ3v) is 2.49. The number of fused-ring (bicyclic) bond motifs is 1. The molecule has 0 aliphatic carbocycles. The number of aromatic carboxylic acids is 1. The smallest absolute Gasteiger partial charge is 0.339 e. The van der Waals surface area contributed by atoms with Gasteiger partial charge in [-0.2, -0.15) is 0 Å². The van der Waals surface area contributed by atoms with Crippen LogP contribution in [0, 0.1) is 0 Å². The van der Waals surface area contributed by atoms with Crippen molar-refractivity contribution in [1.82, 2.24) is 0 Å². The second kappa shape index (κ2) is 3.83. The summed E-state index contributed by atoms with van der Waals surface area (Å²) in [7, 11) is 0. The lowest BCUT2D eigenvalue weighted by molar-refractivity contribution is 0.0694. The number of carboxylic acid groups (broad SMARTS) is 1. The molecule has 2 aromatic carbocycles. The molecule has 0 aromatic heterocycles. The topological polar surface area (TPSA) is 83.5 Å². The van der Waals surface area contributed by atoms with Gasteiger partial charge in [-0.25, -0.2) is 4.79 Å². The first-order chi connectivity index (χ1) is 7.61. The predicted molar refractivity (Wildman–Crippen MR) is 60.5 cm³/mol. The van der Waals surface area contributed by atoms with Crippen LogP contribution in [0.3, 0.4) is 0 Å². The Labute approximate surface area is 91.9 Å². The lowest BCUT2D eigenvalue weighted by Gasteiger charge is -2.05. The number of phenols is 1. The van der Waals surface area contributed by atoms with Crippen molar-refractivity contribution in [3.05, 3.63) is 41.5 Å². The number of benzene rings is 2. The molecule has 82 valence electrons. The summed E-state index contributed by atoms with van der Waals surface area (Å²) in [6.07, 6.45) is 0. The van der Waals surface area contributed by atoms with Crippen LogP contribution < -0.4 is 5.73 Å². The highest BCUT2D eigenvalue weighted by atomic mass is 16.4. The monoisotopic (exact) mass is 217 g/mol. The van der Waals surface area contributed by atoms with Gasteiger partial charge in [-0.3, -0.25) is 0 Å². The van der Waals surface area contributed by atoms with Crippen LogP contribution in [0.4, 0.5) is 0 Å². The fraction of sp³-hybridized carbons (Fsp3) is 0.0833. The van der Waals surface area contributed by atoms with Crippen molar-refractivity contribution < 1.29 is 15.0 Å². The van der Waals surface area contributed by atoms with E-state index in [1.807, 2.05) is 18.2 Å². The predicted octanol–water partition coefficient (Wildman–Crippen LogP) is 1.70. The first kappa shape index (κ1) is 10.4. The maximum Gasteiger partial charge on any atom is 0.339 e. The Balaban J connectivity index is 2.70. The Kier molecular flexibility index (Phi) is 2.50. The van der Waals surface area contributed by atoms with Crippen LogP contribution >= 0.6 is 0 Å². The Morgan fingerprint density at radius 3 is 2.56 bits per heavy atom. The SMILES string of the molecule is NCc1ccc2cc(O)c(C(=O)O)cc2c1. The summed E-state index contributed by atoms with van der Waals surface area (Å²) < 4.78 is 0. The molecule has 0 aliphatic rings. The van der Waals surface area contributed by atoms with Gasteiger partial charge in [0.1, 0.15) is 11.3 Å². The number of aromatic hydroxyl groups is 1. The number of rotatable bonds is 2. The summed E-state index contributed by atoms with van der Waals surface area (Å²) >= 11 is 0. The maximum absolute atomic E-state index is 10.8. The number of nitrogens with two attached hydrogens (primary N) is 1. The average molecular weight is 217 g/mol. The van der Waals surface area contributed by atoms with E-state index in [4.69, 9.17) is 10.8 Å².